The number of aliphatic imine (C=N–C) groups is 1. The monoisotopic (exact) mass is 223 g/mol. The number of hydrogen-bond acceptors (Lipinski definition) is 3. The molecule has 1 aliphatic heterocycles. The molecule has 78 valence electrons. The molecule has 0 aliphatic carbocycles. The Morgan fingerprint density at radius 3 is 2.93 bits per heavy atom. The van der Waals surface area contributed by atoms with Crippen molar-refractivity contribution in [1.29, 1.82) is 0 Å². The van der Waals surface area contributed by atoms with Crippen LogP contribution in [0.2, 0.25) is 5.02 Å². The van der Waals surface area contributed by atoms with Crippen LogP contribution in [0.5, 0.6) is 0 Å². The Morgan fingerprint density at radius 2 is 2.27 bits per heavy atom. The summed E-state index contributed by atoms with van der Waals surface area (Å²) in [6, 6.07) is 7.09. The highest BCUT2D eigenvalue weighted by Crippen LogP contribution is 2.20. The van der Waals surface area contributed by atoms with Crippen LogP contribution in [0.15, 0.2) is 29.3 Å². The van der Waals surface area contributed by atoms with Crippen molar-refractivity contribution in [2.45, 2.75) is 0 Å². The second-order valence-corrected chi connectivity index (χ2v) is 3.50. The van der Waals surface area contributed by atoms with E-state index >= 15 is 0 Å². The third kappa shape index (κ3) is 2.27. The molecule has 0 saturated heterocycles. The molecule has 15 heavy (non-hydrogen) atoms. The molecule has 1 aliphatic rings. The Labute approximate surface area is 92.3 Å². The summed E-state index contributed by atoms with van der Waals surface area (Å²) in [5.41, 5.74) is 0.598. The van der Waals surface area contributed by atoms with Gasteiger partial charge < -0.3 is 10.6 Å². The largest absolute Gasteiger partial charge is 0.364 e. The highest BCUT2D eigenvalue weighted by Gasteiger charge is 2.15. The number of nitrogens with zero attached hydrogens (tertiary/aromatic N) is 1. The lowest BCUT2D eigenvalue weighted by molar-refractivity contribution is -0.110. The lowest BCUT2D eigenvalue weighted by Gasteiger charge is -2.06. The molecule has 0 bridgehead atoms. The van der Waals surface area contributed by atoms with E-state index in [-0.39, 0.29) is 5.91 Å². The van der Waals surface area contributed by atoms with Crippen LogP contribution in [-0.2, 0) is 4.79 Å². The number of halogens is 1. The van der Waals surface area contributed by atoms with E-state index in [2.05, 4.69) is 15.6 Å². The van der Waals surface area contributed by atoms with Gasteiger partial charge in [-0.3, -0.25) is 9.79 Å². The first-order valence-corrected chi connectivity index (χ1v) is 4.99. The number of benzene rings is 1. The van der Waals surface area contributed by atoms with E-state index in [4.69, 9.17) is 11.6 Å². The molecule has 0 radical (unpaired) electrons. The summed E-state index contributed by atoms with van der Waals surface area (Å²) in [6.07, 6.45) is 0. The van der Waals surface area contributed by atoms with Crippen LogP contribution in [0.3, 0.4) is 0 Å². The first-order chi connectivity index (χ1) is 7.27. The molecule has 0 spiro atoms. The average Bonchev–Trinajstić information content (AvgIpc) is 2.74. The fraction of sp³-hybridized carbons (Fsp3) is 0.200. The summed E-state index contributed by atoms with van der Waals surface area (Å²) in [7, 11) is 0. The molecule has 1 aromatic rings. The molecule has 0 fully saturated rings. The van der Waals surface area contributed by atoms with Gasteiger partial charge in [-0.25, -0.2) is 0 Å². The van der Waals surface area contributed by atoms with Crippen LogP contribution in [-0.4, -0.2) is 24.8 Å². The highest BCUT2D eigenvalue weighted by molar-refractivity contribution is 6.43. The van der Waals surface area contributed by atoms with Crippen molar-refractivity contribution in [3.8, 4) is 0 Å². The van der Waals surface area contributed by atoms with Crippen molar-refractivity contribution in [3.05, 3.63) is 29.3 Å². The molecule has 1 amide bonds. The first-order valence-electron chi connectivity index (χ1n) is 4.61. The molecular weight excluding hydrogens is 214 g/mol. The van der Waals surface area contributed by atoms with E-state index in [1.807, 2.05) is 12.1 Å². The maximum Gasteiger partial charge on any atom is 0.290 e. The Morgan fingerprint density at radius 1 is 1.47 bits per heavy atom. The predicted octanol–water partition coefficient (Wildman–Crippen LogP) is 1.28. The fourth-order valence-corrected chi connectivity index (χ4v) is 1.48. The predicted molar refractivity (Wildman–Crippen MR) is 60.4 cm³/mol. The van der Waals surface area contributed by atoms with Gasteiger partial charge in [-0.05, 0) is 12.1 Å². The fourth-order valence-electron chi connectivity index (χ4n) is 1.29. The van der Waals surface area contributed by atoms with Crippen LogP contribution in [0.25, 0.3) is 0 Å². The van der Waals surface area contributed by atoms with Crippen LogP contribution in [0.1, 0.15) is 0 Å². The summed E-state index contributed by atoms with van der Waals surface area (Å²) in [6.45, 7) is 1.36. The number of anilines is 1. The van der Waals surface area contributed by atoms with Gasteiger partial charge in [0.1, 0.15) is 0 Å². The molecule has 5 heteroatoms. The van der Waals surface area contributed by atoms with Gasteiger partial charge >= 0.3 is 0 Å². The number of rotatable bonds is 2. The molecule has 0 unspecified atom stereocenters. The summed E-state index contributed by atoms with van der Waals surface area (Å²) in [5.74, 6) is 0.121. The van der Waals surface area contributed by atoms with Gasteiger partial charge in [-0.1, -0.05) is 23.7 Å². The molecule has 1 heterocycles. The van der Waals surface area contributed by atoms with Crippen molar-refractivity contribution in [2.75, 3.05) is 18.4 Å². The minimum Gasteiger partial charge on any atom is -0.364 e. The van der Waals surface area contributed by atoms with Crippen molar-refractivity contribution >= 4 is 29.0 Å². The summed E-state index contributed by atoms with van der Waals surface area (Å²) >= 11 is 5.90. The maximum absolute atomic E-state index is 11.6. The second kappa shape index (κ2) is 4.31. The van der Waals surface area contributed by atoms with Gasteiger partial charge in [0.15, 0.2) is 5.84 Å². The van der Waals surface area contributed by atoms with Gasteiger partial charge in [-0.2, -0.15) is 0 Å². The molecule has 4 nitrogen and oxygen atoms in total. The van der Waals surface area contributed by atoms with E-state index in [0.29, 0.717) is 29.6 Å². The van der Waals surface area contributed by atoms with E-state index in [1.54, 1.807) is 12.1 Å². The number of carbonyl (C=O) groups excluding carboxylic acids is 1. The maximum atomic E-state index is 11.6. The van der Waals surface area contributed by atoms with Crippen molar-refractivity contribution < 1.29 is 4.79 Å². The number of para-hydroxylation sites is 1. The molecule has 0 aromatic heterocycles. The number of hydrogen-bond donors (Lipinski definition) is 2. The summed E-state index contributed by atoms with van der Waals surface area (Å²) in [5, 5.41) is 6.10. The molecular formula is C10H10ClN3O. The number of amidine groups is 1. The lowest BCUT2D eigenvalue weighted by Crippen LogP contribution is -2.32. The Hall–Kier alpha value is -1.55. The average molecular weight is 224 g/mol. The SMILES string of the molecule is O=C(Nc1ccccc1Cl)C1=NCCN1. The van der Waals surface area contributed by atoms with Crippen molar-refractivity contribution in [1.82, 2.24) is 5.32 Å². The standard InChI is InChI=1S/C10H10ClN3O/c11-7-3-1-2-4-8(7)14-10(15)9-12-5-6-13-9/h1-4H,5-6H2,(H,12,13)(H,14,15). The van der Waals surface area contributed by atoms with Gasteiger partial charge in [0.25, 0.3) is 5.91 Å². The third-order valence-electron chi connectivity index (χ3n) is 2.01. The Balaban J connectivity index is 2.09. The topological polar surface area (TPSA) is 53.5 Å². The van der Waals surface area contributed by atoms with Crippen molar-refractivity contribution in [2.24, 2.45) is 4.99 Å². The van der Waals surface area contributed by atoms with E-state index in [0.717, 1.165) is 0 Å². The van der Waals surface area contributed by atoms with Gasteiger partial charge in [0.2, 0.25) is 0 Å². The van der Waals surface area contributed by atoms with Gasteiger partial charge in [-0.15, -0.1) is 0 Å². The normalized spacial score (nSPS) is 14.3. The zero-order valence-electron chi connectivity index (χ0n) is 7.96. The molecule has 0 atom stereocenters. The first kappa shape index (κ1) is 9.98. The van der Waals surface area contributed by atoms with E-state index in [1.165, 1.54) is 0 Å². The third-order valence-corrected chi connectivity index (χ3v) is 2.34. The summed E-state index contributed by atoms with van der Waals surface area (Å²) in [4.78, 5) is 15.6. The van der Waals surface area contributed by atoms with Gasteiger partial charge in [0.05, 0.1) is 17.3 Å². The zero-order chi connectivity index (χ0) is 10.7. The Kier molecular flexibility index (Phi) is 2.87. The zero-order valence-corrected chi connectivity index (χ0v) is 8.71. The molecule has 2 N–H and O–H groups in total. The van der Waals surface area contributed by atoms with E-state index < -0.39 is 0 Å². The lowest BCUT2D eigenvalue weighted by atomic mass is 10.3. The minimum absolute atomic E-state index is 0.249. The van der Waals surface area contributed by atoms with Crippen LogP contribution in [0.4, 0.5) is 5.69 Å². The highest BCUT2D eigenvalue weighted by atomic mass is 35.5. The smallest absolute Gasteiger partial charge is 0.290 e. The van der Waals surface area contributed by atoms with E-state index in [9.17, 15) is 4.79 Å². The quantitative estimate of drug-likeness (QED) is 0.794. The Bertz CT molecular complexity index is 417. The minimum atomic E-state index is -0.249. The van der Waals surface area contributed by atoms with Crippen molar-refractivity contribution in [3.63, 3.8) is 0 Å². The number of nitrogens with one attached hydrogen (secondary N) is 2. The summed E-state index contributed by atoms with van der Waals surface area (Å²) < 4.78 is 0. The molecule has 0 saturated carbocycles. The number of amides is 1. The van der Waals surface area contributed by atoms with Crippen LogP contribution >= 0.6 is 11.6 Å². The van der Waals surface area contributed by atoms with Crippen LogP contribution in [0, 0.1) is 0 Å². The second-order valence-electron chi connectivity index (χ2n) is 3.09. The molecule has 1 aromatic carbocycles. The van der Waals surface area contributed by atoms with Crippen LogP contribution < -0.4 is 10.6 Å². The number of carbonyl (C=O) groups is 1. The molecule has 2 rings (SSSR count). The van der Waals surface area contributed by atoms with Gasteiger partial charge in [0, 0.05) is 6.54 Å².